The average Bonchev–Trinajstić information content (AvgIpc) is 2.04. The zero-order chi connectivity index (χ0) is 9.90. The van der Waals surface area contributed by atoms with Gasteiger partial charge in [0.25, 0.3) is 0 Å². The van der Waals surface area contributed by atoms with Crippen molar-refractivity contribution in [3.63, 3.8) is 0 Å². The van der Waals surface area contributed by atoms with Crippen LogP contribution in [0.5, 0.6) is 0 Å². The summed E-state index contributed by atoms with van der Waals surface area (Å²) < 4.78 is 24.3. The van der Waals surface area contributed by atoms with Crippen LogP contribution in [0.15, 0.2) is 0 Å². The molecule has 0 aromatic heterocycles. The van der Waals surface area contributed by atoms with Crippen LogP contribution in [0.3, 0.4) is 0 Å². The van der Waals surface area contributed by atoms with Crippen molar-refractivity contribution < 1.29 is 8.42 Å². The van der Waals surface area contributed by atoms with Crippen LogP contribution < -0.4 is 5.73 Å². The van der Waals surface area contributed by atoms with Gasteiger partial charge in [0, 0.05) is 12.6 Å². The molecule has 0 saturated carbocycles. The average molecular weight is 243 g/mol. The van der Waals surface area contributed by atoms with E-state index in [1.807, 2.05) is 0 Å². The van der Waals surface area contributed by atoms with Crippen molar-refractivity contribution in [3.05, 3.63) is 0 Å². The summed E-state index contributed by atoms with van der Waals surface area (Å²) in [5, 5.41) is 0. The molecule has 1 rings (SSSR count). The van der Waals surface area contributed by atoms with Gasteiger partial charge in [-0.25, -0.2) is 8.42 Å². The van der Waals surface area contributed by atoms with Gasteiger partial charge in [0.1, 0.15) is 0 Å². The van der Waals surface area contributed by atoms with Crippen molar-refractivity contribution in [2.75, 3.05) is 19.3 Å². The zero-order valence-electron chi connectivity index (χ0n) is 8.48. The van der Waals surface area contributed by atoms with Gasteiger partial charge < -0.3 is 5.73 Å². The maximum absolute atomic E-state index is 11.4. The van der Waals surface area contributed by atoms with Gasteiger partial charge in [-0.15, -0.1) is 12.4 Å². The van der Waals surface area contributed by atoms with Gasteiger partial charge >= 0.3 is 0 Å². The Hall–Kier alpha value is 0.160. The van der Waals surface area contributed by atoms with Crippen LogP contribution in [0, 0.1) is 0 Å². The van der Waals surface area contributed by atoms with Crippen molar-refractivity contribution in [2.24, 2.45) is 5.73 Å². The Bertz CT molecular complexity index is 254. The Labute approximate surface area is 92.3 Å². The van der Waals surface area contributed by atoms with Crippen molar-refractivity contribution in [1.82, 2.24) is 4.31 Å². The Balaban J connectivity index is 0.00000169. The van der Waals surface area contributed by atoms with E-state index in [2.05, 4.69) is 0 Å². The number of hydrogen-bond donors (Lipinski definition) is 1. The molecule has 86 valence electrons. The molecule has 14 heavy (non-hydrogen) atoms. The maximum atomic E-state index is 11.4. The Kier molecular flexibility index (Phi) is 5.97. The van der Waals surface area contributed by atoms with Crippen LogP contribution in [-0.4, -0.2) is 38.1 Å². The minimum atomic E-state index is -3.02. The number of piperidine rings is 1. The van der Waals surface area contributed by atoms with Crippen LogP contribution in [0.4, 0.5) is 0 Å². The summed E-state index contributed by atoms with van der Waals surface area (Å²) in [6.45, 7) is 1.24. The molecule has 0 amide bonds. The van der Waals surface area contributed by atoms with E-state index in [9.17, 15) is 8.42 Å². The standard InChI is InChI=1S/C8H18N2O2S.ClH/c1-13(11,12)10-7-3-2-4-8(10)5-6-9;/h8H,2-7,9H2,1H3;1H. The first-order valence-corrected chi connectivity index (χ1v) is 6.57. The van der Waals surface area contributed by atoms with Crippen LogP contribution >= 0.6 is 12.4 Å². The van der Waals surface area contributed by atoms with Gasteiger partial charge in [0.2, 0.25) is 10.0 Å². The van der Waals surface area contributed by atoms with E-state index in [1.54, 1.807) is 4.31 Å². The highest BCUT2D eigenvalue weighted by Crippen LogP contribution is 2.21. The molecule has 0 aromatic carbocycles. The highest BCUT2D eigenvalue weighted by Gasteiger charge is 2.28. The smallest absolute Gasteiger partial charge is 0.211 e. The molecule has 6 heteroatoms. The summed E-state index contributed by atoms with van der Waals surface area (Å²) in [6, 6.07) is 0.147. The van der Waals surface area contributed by atoms with Crippen LogP contribution in [0.2, 0.25) is 0 Å². The van der Waals surface area contributed by atoms with Gasteiger partial charge in [0.15, 0.2) is 0 Å². The SMILES string of the molecule is CS(=O)(=O)N1CCCCC1CCN.Cl. The lowest BCUT2D eigenvalue weighted by atomic mass is 10.0. The second-order valence-electron chi connectivity index (χ2n) is 3.60. The third-order valence-electron chi connectivity index (χ3n) is 2.50. The number of nitrogens with zero attached hydrogens (tertiary/aromatic N) is 1. The number of nitrogens with two attached hydrogens (primary N) is 1. The zero-order valence-corrected chi connectivity index (χ0v) is 10.1. The molecule has 0 radical (unpaired) electrons. The third-order valence-corrected chi connectivity index (χ3v) is 3.83. The maximum Gasteiger partial charge on any atom is 0.211 e. The predicted octanol–water partition coefficient (Wildman–Crippen LogP) is 0.571. The quantitative estimate of drug-likeness (QED) is 0.787. The normalized spacial score (nSPS) is 24.3. The molecule has 0 bridgehead atoms. The van der Waals surface area contributed by atoms with Crippen molar-refractivity contribution >= 4 is 22.4 Å². The predicted molar refractivity (Wildman–Crippen MR) is 60.1 cm³/mol. The minimum Gasteiger partial charge on any atom is -0.330 e. The molecular weight excluding hydrogens is 224 g/mol. The molecule has 4 nitrogen and oxygen atoms in total. The molecular formula is C8H19ClN2O2S. The molecule has 1 aliphatic heterocycles. The van der Waals surface area contributed by atoms with Gasteiger partial charge in [-0.3, -0.25) is 0 Å². The fraction of sp³-hybridized carbons (Fsp3) is 1.00. The lowest BCUT2D eigenvalue weighted by Gasteiger charge is -2.33. The van der Waals surface area contributed by atoms with E-state index in [4.69, 9.17) is 5.73 Å². The van der Waals surface area contributed by atoms with Crippen LogP contribution in [-0.2, 0) is 10.0 Å². The fourth-order valence-electron chi connectivity index (χ4n) is 1.89. The molecule has 1 aliphatic rings. The van der Waals surface area contributed by atoms with Gasteiger partial charge in [-0.2, -0.15) is 4.31 Å². The van der Waals surface area contributed by atoms with Crippen molar-refractivity contribution in [2.45, 2.75) is 31.7 Å². The van der Waals surface area contributed by atoms with E-state index in [1.165, 1.54) is 6.26 Å². The van der Waals surface area contributed by atoms with Crippen molar-refractivity contribution in [1.29, 1.82) is 0 Å². The molecule has 1 saturated heterocycles. The van der Waals surface area contributed by atoms with Crippen LogP contribution in [0.1, 0.15) is 25.7 Å². The molecule has 1 atom stereocenters. The highest BCUT2D eigenvalue weighted by atomic mass is 35.5. The topological polar surface area (TPSA) is 63.4 Å². The van der Waals surface area contributed by atoms with Gasteiger partial charge in [-0.05, 0) is 25.8 Å². The van der Waals surface area contributed by atoms with E-state index in [0.717, 1.165) is 25.7 Å². The second kappa shape index (κ2) is 5.90. The summed E-state index contributed by atoms with van der Waals surface area (Å²) in [5.41, 5.74) is 5.44. The number of halogens is 1. The second-order valence-corrected chi connectivity index (χ2v) is 5.54. The lowest BCUT2D eigenvalue weighted by molar-refractivity contribution is 0.245. The molecule has 0 aliphatic carbocycles. The highest BCUT2D eigenvalue weighted by molar-refractivity contribution is 7.88. The number of hydrogen-bond acceptors (Lipinski definition) is 3. The Morgan fingerprint density at radius 3 is 2.57 bits per heavy atom. The van der Waals surface area contributed by atoms with Gasteiger partial charge in [0.05, 0.1) is 6.26 Å². The summed E-state index contributed by atoms with van der Waals surface area (Å²) in [6.07, 6.45) is 5.13. The first-order valence-electron chi connectivity index (χ1n) is 4.72. The largest absolute Gasteiger partial charge is 0.330 e. The molecule has 0 aromatic rings. The summed E-state index contributed by atoms with van der Waals surface area (Å²) >= 11 is 0. The summed E-state index contributed by atoms with van der Waals surface area (Å²) in [7, 11) is -3.02. The Morgan fingerprint density at radius 1 is 1.43 bits per heavy atom. The van der Waals surface area contributed by atoms with E-state index in [-0.39, 0.29) is 18.4 Å². The third kappa shape index (κ3) is 3.73. The van der Waals surface area contributed by atoms with E-state index >= 15 is 0 Å². The summed E-state index contributed by atoms with van der Waals surface area (Å²) in [4.78, 5) is 0. The monoisotopic (exact) mass is 242 g/mol. The number of rotatable bonds is 3. The van der Waals surface area contributed by atoms with Gasteiger partial charge in [-0.1, -0.05) is 6.42 Å². The minimum absolute atomic E-state index is 0. The van der Waals surface area contributed by atoms with Crippen molar-refractivity contribution in [3.8, 4) is 0 Å². The number of sulfonamides is 1. The van der Waals surface area contributed by atoms with Crippen LogP contribution in [0.25, 0.3) is 0 Å². The molecule has 1 fully saturated rings. The Morgan fingerprint density at radius 2 is 2.07 bits per heavy atom. The lowest BCUT2D eigenvalue weighted by Crippen LogP contribution is -2.43. The molecule has 0 spiro atoms. The molecule has 1 unspecified atom stereocenters. The fourth-order valence-corrected chi connectivity index (χ4v) is 3.10. The first-order chi connectivity index (χ1) is 6.05. The molecule has 2 N–H and O–H groups in total. The molecule has 1 heterocycles. The van der Waals surface area contributed by atoms with E-state index in [0.29, 0.717) is 13.1 Å². The summed E-state index contributed by atoms with van der Waals surface area (Å²) in [5.74, 6) is 0. The first kappa shape index (κ1) is 14.2. The van der Waals surface area contributed by atoms with E-state index < -0.39 is 10.0 Å².